The molecule has 32 heavy (non-hydrogen) atoms. The molecule has 0 spiro atoms. The molecule has 0 aliphatic heterocycles. The molecule has 168 valence electrons. The highest BCUT2D eigenvalue weighted by Crippen LogP contribution is 2.29. The number of esters is 1. The van der Waals surface area contributed by atoms with E-state index in [1.165, 1.54) is 12.1 Å². The average Bonchev–Trinajstić information content (AvgIpc) is 2.74. The van der Waals surface area contributed by atoms with Gasteiger partial charge in [0.05, 0.1) is 11.1 Å². The van der Waals surface area contributed by atoms with Crippen molar-refractivity contribution in [1.29, 1.82) is 0 Å². The molecule has 1 unspecified atom stereocenters. The number of nitrogens with one attached hydrogen (secondary N) is 2. The lowest BCUT2D eigenvalue weighted by Gasteiger charge is -2.16. The Bertz CT molecular complexity index is 1100. The largest absolute Gasteiger partial charge is 0.504 e. The third-order valence-corrected chi connectivity index (χ3v) is 4.01. The SMILES string of the molecule is C=C(NC(=O)c1cccc(O)c1O)C(=O)OCC(NC(=O)c1cccc(O)c1O)C(=O)O. The van der Waals surface area contributed by atoms with Crippen LogP contribution in [-0.2, 0) is 14.3 Å². The number of amides is 2. The highest BCUT2D eigenvalue weighted by atomic mass is 16.5. The van der Waals surface area contributed by atoms with Gasteiger partial charge in [-0.3, -0.25) is 9.59 Å². The lowest BCUT2D eigenvalue weighted by atomic mass is 10.1. The minimum Gasteiger partial charge on any atom is -0.504 e. The zero-order valence-electron chi connectivity index (χ0n) is 16.2. The third-order valence-electron chi connectivity index (χ3n) is 4.01. The Morgan fingerprint density at radius 1 is 0.875 bits per heavy atom. The van der Waals surface area contributed by atoms with Gasteiger partial charge in [0, 0.05) is 0 Å². The van der Waals surface area contributed by atoms with Crippen molar-refractivity contribution in [3.05, 3.63) is 59.8 Å². The second-order valence-electron chi connectivity index (χ2n) is 6.24. The number of carboxylic acid groups (broad SMARTS) is 1. The van der Waals surface area contributed by atoms with Gasteiger partial charge in [-0.2, -0.15) is 0 Å². The Morgan fingerprint density at radius 2 is 1.38 bits per heavy atom. The summed E-state index contributed by atoms with van der Waals surface area (Å²) in [6, 6.07) is 5.31. The standard InChI is InChI=1S/C20H18N2O10/c1-9(21-17(27)10-4-2-6-13(23)15(10)25)20(31)32-8-12(19(29)30)22-18(28)11-5-3-7-14(24)16(11)26/h2-7,12,23-26H,1,8H2,(H,21,27)(H,22,28)(H,29,30). The monoisotopic (exact) mass is 446 g/mol. The zero-order valence-corrected chi connectivity index (χ0v) is 16.2. The summed E-state index contributed by atoms with van der Waals surface area (Å²) in [5, 5.41) is 51.5. The number of hydrogen-bond donors (Lipinski definition) is 7. The number of carbonyl (C=O) groups is 4. The third kappa shape index (κ3) is 5.44. The van der Waals surface area contributed by atoms with Gasteiger partial charge in [-0.15, -0.1) is 0 Å². The fourth-order valence-corrected chi connectivity index (χ4v) is 2.34. The first kappa shape index (κ1) is 23.5. The summed E-state index contributed by atoms with van der Waals surface area (Å²) in [6.07, 6.45) is 0. The van der Waals surface area contributed by atoms with E-state index in [-0.39, 0.29) is 5.56 Å². The van der Waals surface area contributed by atoms with Crippen molar-refractivity contribution in [2.75, 3.05) is 6.61 Å². The Hall–Kier alpha value is -4.74. The van der Waals surface area contributed by atoms with E-state index in [1.807, 2.05) is 10.6 Å². The summed E-state index contributed by atoms with van der Waals surface area (Å²) >= 11 is 0. The average molecular weight is 446 g/mol. The highest BCUT2D eigenvalue weighted by Gasteiger charge is 2.25. The minimum atomic E-state index is -1.74. The molecule has 2 rings (SSSR count). The molecular weight excluding hydrogens is 428 g/mol. The molecule has 0 radical (unpaired) electrons. The van der Waals surface area contributed by atoms with Crippen LogP contribution in [0.1, 0.15) is 20.7 Å². The van der Waals surface area contributed by atoms with Crippen LogP contribution >= 0.6 is 0 Å². The number of phenolic OH excluding ortho intramolecular Hbond substituents is 4. The Kier molecular flexibility index (Phi) is 7.24. The first-order valence-corrected chi connectivity index (χ1v) is 8.75. The van der Waals surface area contributed by atoms with Crippen LogP contribution in [-0.4, -0.2) is 61.9 Å². The molecule has 0 aliphatic carbocycles. The van der Waals surface area contributed by atoms with E-state index in [9.17, 15) is 44.7 Å². The van der Waals surface area contributed by atoms with E-state index in [2.05, 4.69) is 6.58 Å². The van der Waals surface area contributed by atoms with Crippen LogP contribution in [0.15, 0.2) is 48.7 Å². The van der Waals surface area contributed by atoms with Crippen LogP contribution in [0.2, 0.25) is 0 Å². The maximum atomic E-state index is 12.2. The molecule has 12 heteroatoms. The first-order valence-electron chi connectivity index (χ1n) is 8.75. The van der Waals surface area contributed by atoms with E-state index in [4.69, 9.17) is 4.74 Å². The lowest BCUT2D eigenvalue weighted by Crippen LogP contribution is -2.44. The highest BCUT2D eigenvalue weighted by molar-refractivity contribution is 6.03. The lowest BCUT2D eigenvalue weighted by molar-refractivity contribution is -0.146. The van der Waals surface area contributed by atoms with Crippen LogP contribution in [0.25, 0.3) is 0 Å². The molecule has 0 saturated carbocycles. The summed E-state index contributed by atoms with van der Waals surface area (Å²) in [4.78, 5) is 47.7. The predicted molar refractivity (Wildman–Crippen MR) is 106 cm³/mol. The summed E-state index contributed by atoms with van der Waals surface area (Å²) in [6.45, 7) is 2.41. The number of rotatable bonds is 8. The van der Waals surface area contributed by atoms with Gasteiger partial charge >= 0.3 is 11.9 Å². The smallest absolute Gasteiger partial charge is 0.354 e. The summed E-state index contributed by atoms with van der Waals surface area (Å²) in [5.41, 5.74) is -1.38. The molecule has 0 aromatic heterocycles. The van der Waals surface area contributed by atoms with Crippen molar-refractivity contribution in [1.82, 2.24) is 10.6 Å². The normalized spacial score (nSPS) is 11.1. The second kappa shape index (κ2) is 9.84. The van der Waals surface area contributed by atoms with E-state index < -0.39 is 70.7 Å². The Balaban J connectivity index is 1.99. The summed E-state index contributed by atoms with van der Waals surface area (Å²) in [5.74, 6) is -7.53. The van der Waals surface area contributed by atoms with Gasteiger partial charge in [0.15, 0.2) is 29.0 Å². The van der Waals surface area contributed by atoms with Crippen molar-refractivity contribution in [2.45, 2.75) is 6.04 Å². The molecule has 0 bridgehead atoms. The number of hydrogen-bond acceptors (Lipinski definition) is 9. The zero-order chi connectivity index (χ0) is 24.0. The Labute approximate surface area is 180 Å². The number of para-hydroxylation sites is 2. The number of carboxylic acids is 1. The summed E-state index contributed by atoms with van der Waals surface area (Å²) in [7, 11) is 0. The van der Waals surface area contributed by atoms with Crippen LogP contribution in [0.4, 0.5) is 0 Å². The van der Waals surface area contributed by atoms with Crippen molar-refractivity contribution in [2.24, 2.45) is 0 Å². The maximum Gasteiger partial charge on any atom is 0.354 e. The van der Waals surface area contributed by atoms with Crippen LogP contribution in [0, 0.1) is 0 Å². The van der Waals surface area contributed by atoms with Crippen molar-refractivity contribution in [3.63, 3.8) is 0 Å². The van der Waals surface area contributed by atoms with Crippen molar-refractivity contribution >= 4 is 23.8 Å². The number of phenols is 4. The van der Waals surface area contributed by atoms with Gasteiger partial charge in [0.2, 0.25) is 0 Å². The van der Waals surface area contributed by atoms with Gasteiger partial charge in [0.25, 0.3) is 11.8 Å². The van der Waals surface area contributed by atoms with Gasteiger partial charge in [0.1, 0.15) is 12.3 Å². The molecule has 0 fully saturated rings. The van der Waals surface area contributed by atoms with Crippen LogP contribution in [0.3, 0.4) is 0 Å². The number of carbonyl (C=O) groups excluding carboxylic acids is 3. The minimum absolute atomic E-state index is 0.361. The fourth-order valence-electron chi connectivity index (χ4n) is 2.34. The van der Waals surface area contributed by atoms with E-state index in [1.54, 1.807) is 0 Å². The van der Waals surface area contributed by atoms with Crippen LogP contribution < -0.4 is 10.6 Å². The molecule has 2 amide bonds. The molecule has 12 nitrogen and oxygen atoms in total. The van der Waals surface area contributed by atoms with Crippen molar-refractivity contribution in [3.8, 4) is 23.0 Å². The quantitative estimate of drug-likeness (QED) is 0.166. The van der Waals surface area contributed by atoms with Gasteiger partial charge in [-0.05, 0) is 24.3 Å². The fraction of sp³-hybridized carbons (Fsp3) is 0.100. The molecule has 7 N–H and O–H groups in total. The maximum absolute atomic E-state index is 12.2. The molecule has 1 atom stereocenters. The van der Waals surface area contributed by atoms with Crippen LogP contribution in [0.5, 0.6) is 23.0 Å². The van der Waals surface area contributed by atoms with E-state index in [0.717, 1.165) is 24.3 Å². The van der Waals surface area contributed by atoms with Gasteiger partial charge < -0.3 is 40.9 Å². The molecule has 0 saturated heterocycles. The van der Waals surface area contributed by atoms with Crippen molar-refractivity contribution < 1.29 is 49.4 Å². The van der Waals surface area contributed by atoms with Gasteiger partial charge in [-0.25, -0.2) is 9.59 Å². The molecule has 0 aliphatic rings. The number of aliphatic carboxylic acids is 1. The Morgan fingerprint density at radius 3 is 1.88 bits per heavy atom. The van der Waals surface area contributed by atoms with E-state index in [0.29, 0.717) is 0 Å². The number of benzene rings is 2. The summed E-state index contributed by atoms with van der Waals surface area (Å²) < 4.78 is 4.74. The molecular formula is C20H18N2O10. The first-order chi connectivity index (χ1) is 15.0. The molecule has 2 aromatic carbocycles. The topological polar surface area (TPSA) is 203 Å². The second-order valence-corrected chi connectivity index (χ2v) is 6.24. The van der Waals surface area contributed by atoms with E-state index >= 15 is 0 Å². The van der Waals surface area contributed by atoms with Gasteiger partial charge in [-0.1, -0.05) is 18.7 Å². The molecule has 2 aromatic rings. The molecule has 0 heterocycles. The number of ether oxygens (including phenoxy) is 1. The number of aromatic hydroxyl groups is 4. The predicted octanol–water partition coefficient (Wildman–Crippen LogP) is 0.179.